The first kappa shape index (κ1) is 13.6. The molecule has 1 heterocycles. The molecule has 1 aromatic carbocycles. The lowest BCUT2D eigenvalue weighted by Gasteiger charge is -2.24. The molecule has 0 saturated carbocycles. The van der Waals surface area contributed by atoms with E-state index in [4.69, 9.17) is 5.73 Å². The van der Waals surface area contributed by atoms with Crippen molar-refractivity contribution in [2.45, 2.75) is 45.1 Å². The molecule has 2 rings (SSSR count). The molecule has 100 valence electrons. The van der Waals surface area contributed by atoms with Crippen molar-refractivity contribution in [3.05, 3.63) is 35.4 Å². The third kappa shape index (κ3) is 4.43. The smallest absolute Gasteiger partial charge is 0.0233 e. The molecule has 18 heavy (non-hydrogen) atoms. The second kappa shape index (κ2) is 7.55. The highest BCUT2D eigenvalue weighted by Gasteiger charge is 2.08. The highest BCUT2D eigenvalue weighted by molar-refractivity contribution is 5.22. The van der Waals surface area contributed by atoms with Gasteiger partial charge < -0.3 is 5.73 Å². The van der Waals surface area contributed by atoms with Gasteiger partial charge in [-0.05, 0) is 50.0 Å². The molecule has 0 aromatic heterocycles. The fourth-order valence-corrected chi connectivity index (χ4v) is 2.71. The first-order valence-corrected chi connectivity index (χ1v) is 7.39. The first-order valence-electron chi connectivity index (χ1n) is 7.39. The Morgan fingerprint density at radius 1 is 0.833 bits per heavy atom. The molecule has 1 aliphatic heterocycles. The summed E-state index contributed by atoms with van der Waals surface area (Å²) >= 11 is 0. The number of benzene rings is 1. The Morgan fingerprint density at radius 3 is 2.00 bits per heavy atom. The fourth-order valence-electron chi connectivity index (χ4n) is 2.71. The number of hydrogen-bond acceptors (Lipinski definition) is 2. The monoisotopic (exact) mass is 246 g/mol. The van der Waals surface area contributed by atoms with Crippen LogP contribution < -0.4 is 5.73 Å². The molecular weight excluding hydrogens is 220 g/mol. The van der Waals surface area contributed by atoms with Gasteiger partial charge in [0, 0.05) is 6.54 Å². The number of nitrogens with two attached hydrogens (primary N) is 1. The minimum Gasteiger partial charge on any atom is -0.330 e. The van der Waals surface area contributed by atoms with Gasteiger partial charge in [0.15, 0.2) is 0 Å². The summed E-state index contributed by atoms with van der Waals surface area (Å²) in [7, 11) is 0. The molecule has 1 fully saturated rings. The van der Waals surface area contributed by atoms with Crippen LogP contribution in [-0.2, 0) is 13.0 Å². The quantitative estimate of drug-likeness (QED) is 0.885. The van der Waals surface area contributed by atoms with Crippen molar-refractivity contribution < 1.29 is 0 Å². The SMILES string of the molecule is NCCc1ccc(CN2CCCCCCC2)cc1. The van der Waals surface area contributed by atoms with Crippen LogP contribution in [0.5, 0.6) is 0 Å². The summed E-state index contributed by atoms with van der Waals surface area (Å²) in [5.74, 6) is 0. The molecule has 0 radical (unpaired) electrons. The van der Waals surface area contributed by atoms with Gasteiger partial charge in [0.2, 0.25) is 0 Å². The summed E-state index contributed by atoms with van der Waals surface area (Å²) in [5, 5.41) is 0. The molecule has 0 spiro atoms. The standard InChI is InChI=1S/C16H26N2/c17-11-10-15-6-8-16(9-7-15)14-18-12-4-2-1-3-5-13-18/h6-9H,1-5,10-14,17H2. The van der Waals surface area contributed by atoms with E-state index in [-0.39, 0.29) is 0 Å². The second-order valence-corrected chi connectivity index (χ2v) is 5.40. The number of rotatable bonds is 4. The second-order valence-electron chi connectivity index (χ2n) is 5.40. The van der Waals surface area contributed by atoms with Gasteiger partial charge >= 0.3 is 0 Å². The zero-order valence-corrected chi connectivity index (χ0v) is 11.4. The lowest BCUT2D eigenvalue weighted by atomic mass is 10.1. The Morgan fingerprint density at radius 2 is 1.39 bits per heavy atom. The van der Waals surface area contributed by atoms with Gasteiger partial charge in [-0.3, -0.25) is 4.90 Å². The summed E-state index contributed by atoms with van der Waals surface area (Å²) in [6.45, 7) is 4.39. The van der Waals surface area contributed by atoms with E-state index in [1.54, 1.807) is 0 Å². The molecular formula is C16H26N2. The van der Waals surface area contributed by atoms with Gasteiger partial charge in [-0.25, -0.2) is 0 Å². The maximum atomic E-state index is 5.57. The van der Waals surface area contributed by atoms with Crippen molar-refractivity contribution in [2.75, 3.05) is 19.6 Å². The highest BCUT2D eigenvalue weighted by Crippen LogP contribution is 2.14. The van der Waals surface area contributed by atoms with Crippen molar-refractivity contribution in [3.63, 3.8) is 0 Å². The van der Waals surface area contributed by atoms with Crippen LogP contribution >= 0.6 is 0 Å². The van der Waals surface area contributed by atoms with E-state index in [9.17, 15) is 0 Å². The van der Waals surface area contributed by atoms with Crippen LogP contribution in [0, 0.1) is 0 Å². The maximum Gasteiger partial charge on any atom is 0.0233 e. The average Bonchev–Trinajstić information content (AvgIpc) is 2.35. The minimum atomic E-state index is 0.742. The Labute approximate surface area is 111 Å². The highest BCUT2D eigenvalue weighted by atomic mass is 15.1. The van der Waals surface area contributed by atoms with Crippen LogP contribution in [-0.4, -0.2) is 24.5 Å². The maximum absolute atomic E-state index is 5.57. The largest absolute Gasteiger partial charge is 0.330 e. The van der Waals surface area contributed by atoms with Gasteiger partial charge in [0.25, 0.3) is 0 Å². The molecule has 0 atom stereocenters. The molecule has 0 aliphatic carbocycles. The van der Waals surface area contributed by atoms with Crippen molar-refractivity contribution in [2.24, 2.45) is 5.73 Å². The van der Waals surface area contributed by atoms with Crippen molar-refractivity contribution in [1.82, 2.24) is 4.90 Å². The van der Waals surface area contributed by atoms with E-state index < -0.39 is 0 Å². The first-order chi connectivity index (χ1) is 8.88. The number of likely N-dealkylation sites (tertiary alicyclic amines) is 1. The van der Waals surface area contributed by atoms with E-state index >= 15 is 0 Å². The molecule has 2 nitrogen and oxygen atoms in total. The van der Waals surface area contributed by atoms with Crippen LogP contribution in [0.1, 0.15) is 43.2 Å². The van der Waals surface area contributed by atoms with Gasteiger partial charge in [0.1, 0.15) is 0 Å². The summed E-state index contributed by atoms with van der Waals surface area (Å²) in [5.41, 5.74) is 8.37. The zero-order valence-electron chi connectivity index (χ0n) is 11.4. The van der Waals surface area contributed by atoms with Crippen LogP contribution in [0.25, 0.3) is 0 Å². The molecule has 1 aromatic rings. The molecule has 1 saturated heterocycles. The van der Waals surface area contributed by atoms with Crippen LogP contribution in [0.4, 0.5) is 0 Å². The van der Waals surface area contributed by atoms with Gasteiger partial charge in [-0.1, -0.05) is 43.5 Å². The van der Waals surface area contributed by atoms with Crippen LogP contribution in [0.3, 0.4) is 0 Å². The third-order valence-electron chi connectivity index (χ3n) is 3.81. The van der Waals surface area contributed by atoms with Crippen LogP contribution in [0.2, 0.25) is 0 Å². The van der Waals surface area contributed by atoms with Gasteiger partial charge in [-0.15, -0.1) is 0 Å². The molecule has 0 unspecified atom stereocenters. The van der Waals surface area contributed by atoms with E-state index in [1.807, 2.05) is 0 Å². The predicted octanol–water partition coefficient (Wildman–Crippen LogP) is 2.95. The zero-order chi connectivity index (χ0) is 12.6. The van der Waals surface area contributed by atoms with E-state index in [0.717, 1.165) is 19.5 Å². The number of nitrogens with zero attached hydrogens (tertiary/aromatic N) is 1. The molecule has 0 amide bonds. The normalized spacial score (nSPS) is 18.3. The van der Waals surface area contributed by atoms with Crippen LogP contribution in [0.15, 0.2) is 24.3 Å². The summed E-state index contributed by atoms with van der Waals surface area (Å²) < 4.78 is 0. The topological polar surface area (TPSA) is 29.3 Å². The summed E-state index contributed by atoms with van der Waals surface area (Å²) in [4.78, 5) is 2.61. The summed E-state index contributed by atoms with van der Waals surface area (Å²) in [6, 6.07) is 8.99. The Bertz CT molecular complexity index is 323. The molecule has 2 heteroatoms. The third-order valence-corrected chi connectivity index (χ3v) is 3.81. The molecule has 0 bridgehead atoms. The Kier molecular flexibility index (Phi) is 5.69. The van der Waals surface area contributed by atoms with E-state index in [2.05, 4.69) is 29.2 Å². The molecule has 1 aliphatic rings. The minimum absolute atomic E-state index is 0.742. The lowest BCUT2D eigenvalue weighted by Crippen LogP contribution is -2.26. The van der Waals surface area contributed by atoms with E-state index in [0.29, 0.717) is 0 Å². The molecule has 2 N–H and O–H groups in total. The summed E-state index contributed by atoms with van der Waals surface area (Å²) in [6.07, 6.45) is 7.97. The predicted molar refractivity (Wildman–Crippen MR) is 77.6 cm³/mol. The Balaban J connectivity index is 1.86. The van der Waals surface area contributed by atoms with Gasteiger partial charge in [-0.2, -0.15) is 0 Å². The van der Waals surface area contributed by atoms with Crippen molar-refractivity contribution in [3.8, 4) is 0 Å². The van der Waals surface area contributed by atoms with E-state index in [1.165, 1.54) is 56.3 Å². The van der Waals surface area contributed by atoms with Crippen molar-refractivity contribution in [1.29, 1.82) is 0 Å². The lowest BCUT2D eigenvalue weighted by molar-refractivity contribution is 0.240. The van der Waals surface area contributed by atoms with Crippen molar-refractivity contribution >= 4 is 0 Å². The fraction of sp³-hybridized carbons (Fsp3) is 0.625. The average molecular weight is 246 g/mol. The Hall–Kier alpha value is -0.860. The van der Waals surface area contributed by atoms with Gasteiger partial charge in [0.05, 0.1) is 0 Å². The number of hydrogen-bond donors (Lipinski definition) is 1.